The fraction of sp³-hybridized carbons (Fsp3) is 0.100. The summed E-state index contributed by atoms with van der Waals surface area (Å²) in [7, 11) is 1.52. The first-order valence-electron chi connectivity index (χ1n) is 8.81. The second kappa shape index (κ2) is 8.11. The predicted molar refractivity (Wildman–Crippen MR) is 103 cm³/mol. The molecule has 0 aliphatic rings. The van der Waals surface area contributed by atoms with Crippen molar-refractivity contribution in [2.45, 2.75) is 6.61 Å². The molecule has 0 unspecified atom stereocenters. The van der Waals surface area contributed by atoms with Crippen LogP contribution in [0.2, 0.25) is 0 Å². The molecular weight excluding hydrogens is 396 g/mol. The van der Waals surface area contributed by atoms with Crippen LogP contribution in [0.25, 0.3) is 11.0 Å². The fourth-order valence-corrected chi connectivity index (χ4v) is 2.72. The Hall–Kier alpha value is -4.08. The highest BCUT2D eigenvalue weighted by Gasteiger charge is 2.15. The Morgan fingerprint density at radius 2 is 2.00 bits per heavy atom. The standard InChI is InChI=1S/C20H15F2N5O3/c1-23-19(28)16-8-11(4-6-24-16)10-30-20-17-13(5-7-29-17)18(26-27-20)25-12-2-3-14(21)15(22)9-12/h2-9H,10H2,1H3,(H,23,28)(H,25,26). The van der Waals surface area contributed by atoms with Crippen LogP contribution < -0.4 is 15.4 Å². The molecule has 1 amide bonds. The van der Waals surface area contributed by atoms with Crippen molar-refractivity contribution in [3.8, 4) is 5.88 Å². The van der Waals surface area contributed by atoms with E-state index >= 15 is 0 Å². The zero-order chi connectivity index (χ0) is 21.1. The minimum absolute atomic E-state index is 0.104. The van der Waals surface area contributed by atoms with E-state index in [1.165, 1.54) is 25.6 Å². The van der Waals surface area contributed by atoms with Crippen LogP contribution in [0.4, 0.5) is 20.3 Å². The van der Waals surface area contributed by atoms with Crippen molar-refractivity contribution in [3.63, 3.8) is 0 Å². The van der Waals surface area contributed by atoms with E-state index in [-0.39, 0.29) is 24.1 Å². The number of nitrogens with zero attached hydrogens (tertiary/aromatic N) is 3. The van der Waals surface area contributed by atoms with E-state index in [0.717, 1.165) is 12.1 Å². The molecule has 4 aromatic rings. The number of benzene rings is 1. The van der Waals surface area contributed by atoms with E-state index in [1.807, 2.05) is 0 Å². The maximum Gasteiger partial charge on any atom is 0.278 e. The maximum absolute atomic E-state index is 13.4. The third-order valence-corrected chi connectivity index (χ3v) is 4.20. The Labute approximate surface area is 168 Å². The molecule has 3 aromatic heterocycles. The number of amides is 1. The molecule has 0 aliphatic carbocycles. The summed E-state index contributed by atoms with van der Waals surface area (Å²) in [4.78, 5) is 15.7. The SMILES string of the molecule is CNC(=O)c1cc(COc2nnc(Nc3ccc(F)c(F)c3)c3ccoc23)ccn1. The van der Waals surface area contributed by atoms with Gasteiger partial charge in [-0.2, -0.15) is 0 Å². The Morgan fingerprint density at radius 1 is 1.13 bits per heavy atom. The molecule has 0 atom stereocenters. The Morgan fingerprint density at radius 3 is 2.80 bits per heavy atom. The summed E-state index contributed by atoms with van der Waals surface area (Å²) in [5, 5.41) is 14.0. The molecule has 30 heavy (non-hydrogen) atoms. The number of fused-ring (bicyclic) bond motifs is 1. The molecule has 0 spiro atoms. The first kappa shape index (κ1) is 19.2. The molecular formula is C20H15F2N5O3. The lowest BCUT2D eigenvalue weighted by Crippen LogP contribution is -2.19. The first-order valence-corrected chi connectivity index (χ1v) is 8.81. The third kappa shape index (κ3) is 3.88. The molecule has 1 aromatic carbocycles. The zero-order valence-corrected chi connectivity index (χ0v) is 15.6. The van der Waals surface area contributed by atoms with Gasteiger partial charge < -0.3 is 19.8 Å². The number of hydrogen-bond acceptors (Lipinski definition) is 7. The fourth-order valence-electron chi connectivity index (χ4n) is 2.72. The van der Waals surface area contributed by atoms with Gasteiger partial charge in [0.1, 0.15) is 12.3 Å². The highest BCUT2D eigenvalue weighted by Crippen LogP contribution is 2.31. The van der Waals surface area contributed by atoms with Crippen LogP contribution in [-0.2, 0) is 6.61 Å². The summed E-state index contributed by atoms with van der Waals surface area (Å²) in [6, 6.07) is 8.36. The lowest BCUT2D eigenvalue weighted by atomic mass is 10.2. The largest absolute Gasteiger partial charge is 0.469 e. The Bertz CT molecular complexity index is 1230. The molecule has 0 saturated carbocycles. The van der Waals surface area contributed by atoms with Gasteiger partial charge in [-0.25, -0.2) is 8.78 Å². The number of hydrogen-bond donors (Lipinski definition) is 2. The van der Waals surface area contributed by atoms with E-state index in [2.05, 4.69) is 25.8 Å². The summed E-state index contributed by atoms with van der Waals surface area (Å²) in [6.07, 6.45) is 2.94. The van der Waals surface area contributed by atoms with Crippen LogP contribution in [0.3, 0.4) is 0 Å². The summed E-state index contributed by atoms with van der Waals surface area (Å²) in [6.45, 7) is 0.104. The number of rotatable bonds is 6. The quantitative estimate of drug-likeness (QED) is 0.500. The van der Waals surface area contributed by atoms with Gasteiger partial charge in [0.05, 0.1) is 11.6 Å². The summed E-state index contributed by atoms with van der Waals surface area (Å²) >= 11 is 0. The molecule has 0 fully saturated rings. The molecule has 0 radical (unpaired) electrons. The van der Waals surface area contributed by atoms with E-state index in [9.17, 15) is 13.6 Å². The average Bonchev–Trinajstić information content (AvgIpc) is 3.26. The summed E-state index contributed by atoms with van der Waals surface area (Å²) in [5.74, 6) is -1.80. The van der Waals surface area contributed by atoms with Crippen LogP contribution in [0.1, 0.15) is 16.1 Å². The molecule has 152 valence electrons. The number of anilines is 2. The van der Waals surface area contributed by atoms with Crippen LogP contribution >= 0.6 is 0 Å². The smallest absolute Gasteiger partial charge is 0.278 e. The van der Waals surface area contributed by atoms with Crippen LogP contribution in [0, 0.1) is 11.6 Å². The van der Waals surface area contributed by atoms with E-state index in [0.29, 0.717) is 28.0 Å². The summed E-state index contributed by atoms with van der Waals surface area (Å²) < 4.78 is 37.7. The highest BCUT2D eigenvalue weighted by atomic mass is 19.2. The van der Waals surface area contributed by atoms with Crippen LogP contribution in [0.5, 0.6) is 5.88 Å². The van der Waals surface area contributed by atoms with Crippen molar-refractivity contribution >= 4 is 28.4 Å². The molecule has 0 saturated heterocycles. The monoisotopic (exact) mass is 411 g/mol. The van der Waals surface area contributed by atoms with Gasteiger partial charge in [0.15, 0.2) is 17.5 Å². The second-order valence-electron chi connectivity index (χ2n) is 6.19. The number of pyridine rings is 1. The van der Waals surface area contributed by atoms with Crippen molar-refractivity contribution in [2.24, 2.45) is 0 Å². The van der Waals surface area contributed by atoms with Gasteiger partial charge in [0.25, 0.3) is 11.8 Å². The van der Waals surface area contributed by atoms with Gasteiger partial charge >= 0.3 is 0 Å². The number of furan rings is 1. The highest BCUT2D eigenvalue weighted by molar-refractivity contribution is 5.92. The van der Waals surface area contributed by atoms with E-state index in [1.54, 1.807) is 18.2 Å². The zero-order valence-electron chi connectivity index (χ0n) is 15.6. The van der Waals surface area contributed by atoms with E-state index in [4.69, 9.17) is 9.15 Å². The Balaban J connectivity index is 1.55. The second-order valence-corrected chi connectivity index (χ2v) is 6.19. The molecule has 10 heteroatoms. The van der Waals surface area contributed by atoms with Gasteiger partial charge in [-0.1, -0.05) is 0 Å². The van der Waals surface area contributed by atoms with Crippen LogP contribution in [-0.4, -0.2) is 28.1 Å². The van der Waals surface area contributed by atoms with Crippen molar-refractivity contribution in [1.82, 2.24) is 20.5 Å². The average molecular weight is 411 g/mol. The number of nitrogens with one attached hydrogen (secondary N) is 2. The topological polar surface area (TPSA) is 102 Å². The molecule has 2 N–H and O–H groups in total. The van der Waals surface area contributed by atoms with E-state index < -0.39 is 11.6 Å². The predicted octanol–water partition coefficient (Wildman–Crippen LogP) is 3.58. The van der Waals surface area contributed by atoms with Gasteiger partial charge in [-0.3, -0.25) is 9.78 Å². The summed E-state index contributed by atoms with van der Waals surface area (Å²) in [5.41, 5.74) is 1.60. The lowest BCUT2D eigenvalue weighted by Gasteiger charge is -2.09. The number of ether oxygens (including phenoxy) is 1. The van der Waals surface area contributed by atoms with Gasteiger partial charge in [-0.15, -0.1) is 10.2 Å². The number of carbonyl (C=O) groups excluding carboxylic acids is 1. The first-order chi connectivity index (χ1) is 14.5. The molecule has 0 aliphatic heterocycles. The van der Waals surface area contributed by atoms with Gasteiger partial charge in [0, 0.05) is 25.0 Å². The minimum Gasteiger partial charge on any atom is -0.469 e. The Kier molecular flexibility index (Phi) is 5.21. The van der Waals surface area contributed by atoms with Crippen LogP contribution in [0.15, 0.2) is 53.3 Å². The molecule has 3 heterocycles. The third-order valence-electron chi connectivity index (χ3n) is 4.20. The van der Waals surface area contributed by atoms with Gasteiger partial charge in [0.2, 0.25) is 5.58 Å². The normalized spacial score (nSPS) is 10.8. The number of aromatic nitrogens is 3. The lowest BCUT2D eigenvalue weighted by molar-refractivity contribution is 0.0958. The van der Waals surface area contributed by atoms with Crippen molar-refractivity contribution in [2.75, 3.05) is 12.4 Å². The van der Waals surface area contributed by atoms with Gasteiger partial charge in [-0.05, 0) is 35.9 Å². The maximum atomic E-state index is 13.4. The number of carbonyl (C=O) groups is 1. The van der Waals surface area contributed by atoms with Crippen molar-refractivity contribution in [1.29, 1.82) is 0 Å². The van der Waals surface area contributed by atoms with Crippen molar-refractivity contribution < 1.29 is 22.7 Å². The minimum atomic E-state index is -0.982. The van der Waals surface area contributed by atoms with Crippen molar-refractivity contribution in [3.05, 3.63) is 71.8 Å². The number of halogens is 2. The molecule has 4 rings (SSSR count). The molecule has 0 bridgehead atoms. The molecule has 8 nitrogen and oxygen atoms in total.